The van der Waals surface area contributed by atoms with Gasteiger partial charge in [0.1, 0.15) is 18.1 Å². The first-order valence-corrected chi connectivity index (χ1v) is 10.9. The van der Waals surface area contributed by atoms with Crippen molar-refractivity contribution in [3.05, 3.63) is 60.2 Å². The van der Waals surface area contributed by atoms with E-state index in [1.54, 1.807) is 0 Å². The molecular formula is C24H32N4O3. The topological polar surface area (TPSA) is 84.0 Å². The van der Waals surface area contributed by atoms with Gasteiger partial charge in [0.25, 0.3) is 5.91 Å². The Morgan fingerprint density at radius 2 is 1.74 bits per heavy atom. The lowest BCUT2D eigenvalue weighted by Crippen LogP contribution is -2.39. The predicted molar refractivity (Wildman–Crippen MR) is 123 cm³/mol. The van der Waals surface area contributed by atoms with Crippen LogP contribution in [0.15, 0.2) is 59.6 Å². The van der Waals surface area contributed by atoms with Crippen molar-refractivity contribution >= 4 is 11.9 Å². The molecule has 3 N–H and O–H groups in total. The van der Waals surface area contributed by atoms with Crippen molar-refractivity contribution in [3.63, 3.8) is 0 Å². The van der Waals surface area contributed by atoms with Crippen LogP contribution in [-0.4, -0.2) is 50.8 Å². The Morgan fingerprint density at radius 1 is 1.00 bits per heavy atom. The molecule has 0 heterocycles. The van der Waals surface area contributed by atoms with Crippen molar-refractivity contribution < 1.29 is 14.3 Å². The van der Waals surface area contributed by atoms with Crippen LogP contribution in [-0.2, 0) is 11.2 Å². The molecule has 0 spiro atoms. The summed E-state index contributed by atoms with van der Waals surface area (Å²) in [5.74, 6) is 2.29. The standard InChI is InChI=1S/C24H32N4O3/c1-2-25-24(27-16-17-30-21-6-4-3-5-7-21)26-15-14-19-8-12-22(13-9-19)31-18-23(29)28-20-10-11-20/h3-9,12-13,20H,2,10-11,14-18H2,1H3,(H,28,29)(H2,25,26,27). The summed E-state index contributed by atoms with van der Waals surface area (Å²) >= 11 is 0. The number of amides is 1. The number of carbonyl (C=O) groups excluding carboxylic acids is 1. The minimum absolute atomic E-state index is 0.0569. The van der Waals surface area contributed by atoms with Gasteiger partial charge in [-0.2, -0.15) is 0 Å². The molecule has 0 atom stereocenters. The molecule has 1 saturated carbocycles. The summed E-state index contributed by atoms with van der Waals surface area (Å²) in [7, 11) is 0. The van der Waals surface area contributed by atoms with E-state index in [0.717, 1.165) is 37.5 Å². The highest BCUT2D eigenvalue weighted by Gasteiger charge is 2.23. The molecule has 3 rings (SSSR count). The molecule has 2 aromatic rings. The molecule has 166 valence electrons. The van der Waals surface area contributed by atoms with Crippen molar-refractivity contribution in [1.82, 2.24) is 16.0 Å². The van der Waals surface area contributed by atoms with Gasteiger partial charge in [0.05, 0.1) is 6.54 Å². The molecule has 2 aromatic carbocycles. The first kappa shape index (κ1) is 22.5. The Bertz CT molecular complexity index is 820. The highest BCUT2D eigenvalue weighted by Crippen LogP contribution is 2.18. The number of guanidine groups is 1. The van der Waals surface area contributed by atoms with Gasteiger partial charge in [-0.15, -0.1) is 0 Å². The highest BCUT2D eigenvalue weighted by atomic mass is 16.5. The molecule has 31 heavy (non-hydrogen) atoms. The quantitative estimate of drug-likeness (QED) is 0.277. The summed E-state index contributed by atoms with van der Waals surface area (Å²) < 4.78 is 11.2. The number of carbonyl (C=O) groups is 1. The molecule has 1 amide bonds. The van der Waals surface area contributed by atoms with Crippen LogP contribution >= 0.6 is 0 Å². The summed E-state index contributed by atoms with van der Waals surface area (Å²) in [6.45, 7) is 4.80. The van der Waals surface area contributed by atoms with Crippen LogP contribution in [0.4, 0.5) is 0 Å². The lowest BCUT2D eigenvalue weighted by molar-refractivity contribution is -0.123. The summed E-state index contributed by atoms with van der Waals surface area (Å²) in [6, 6.07) is 17.9. The maximum Gasteiger partial charge on any atom is 0.258 e. The van der Waals surface area contributed by atoms with Crippen molar-refractivity contribution in [2.24, 2.45) is 4.99 Å². The molecule has 7 nitrogen and oxygen atoms in total. The number of para-hydroxylation sites is 1. The summed E-state index contributed by atoms with van der Waals surface area (Å²) in [4.78, 5) is 16.3. The smallest absolute Gasteiger partial charge is 0.258 e. The van der Waals surface area contributed by atoms with Crippen molar-refractivity contribution in [3.8, 4) is 11.5 Å². The van der Waals surface area contributed by atoms with Gasteiger partial charge in [-0.05, 0) is 56.0 Å². The lowest BCUT2D eigenvalue weighted by atomic mass is 10.1. The van der Waals surface area contributed by atoms with Crippen LogP contribution in [0.5, 0.6) is 11.5 Å². The number of nitrogens with zero attached hydrogens (tertiary/aromatic N) is 1. The number of aliphatic imine (C=N–C) groups is 1. The molecule has 0 aromatic heterocycles. The van der Waals surface area contributed by atoms with Gasteiger partial charge < -0.3 is 25.4 Å². The Morgan fingerprint density at radius 3 is 2.45 bits per heavy atom. The number of hydrogen-bond acceptors (Lipinski definition) is 4. The van der Waals surface area contributed by atoms with E-state index in [1.807, 2.05) is 61.5 Å². The molecule has 1 aliphatic rings. The van der Waals surface area contributed by atoms with Crippen molar-refractivity contribution in [2.45, 2.75) is 32.2 Å². The minimum Gasteiger partial charge on any atom is -0.492 e. The maximum atomic E-state index is 11.7. The van der Waals surface area contributed by atoms with E-state index in [-0.39, 0.29) is 12.5 Å². The minimum atomic E-state index is -0.0569. The fraction of sp³-hybridized carbons (Fsp3) is 0.417. The van der Waals surface area contributed by atoms with Crippen LogP contribution in [0.2, 0.25) is 0 Å². The largest absolute Gasteiger partial charge is 0.492 e. The molecule has 1 aliphatic carbocycles. The number of ether oxygens (including phenoxy) is 2. The number of rotatable bonds is 12. The summed E-state index contributed by atoms with van der Waals surface area (Å²) in [5, 5.41) is 9.45. The van der Waals surface area contributed by atoms with E-state index < -0.39 is 0 Å². The third-order valence-electron chi connectivity index (χ3n) is 4.66. The van der Waals surface area contributed by atoms with Crippen molar-refractivity contribution in [1.29, 1.82) is 0 Å². The van der Waals surface area contributed by atoms with Crippen molar-refractivity contribution in [2.75, 3.05) is 32.8 Å². The normalized spacial score (nSPS) is 13.4. The highest BCUT2D eigenvalue weighted by molar-refractivity contribution is 5.79. The summed E-state index contributed by atoms with van der Waals surface area (Å²) in [5.41, 5.74) is 1.17. The monoisotopic (exact) mass is 424 g/mol. The van der Waals surface area contributed by atoms with Gasteiger partial charge >= 0.3 is 0 Å². The Kier molecular flexibility index (Phi) is 9.04. The van der Waals surface area contributed by atoms with Gasteiger partial charge in [-0.3, -0.25) is 9.79 Å². The average molecular weight is 425 g/mol. The second-order valence-corrected chi connectivity index (χ2v) is 7.37. The van der Waals surface area contributed by atoms with Gasteiger partial charge in [0.2, 0.25) is 0 Å². The van der Waals surface area contributed by atoms with E-state index in [9.17, 15) is 4.79 Å². The Hall–Kier alpha value is -3.22. The van der Waals surface area contributed by atoms with Crippen LogP contribution in [0.3, 0.4) is 0 Å². The number of benzene rings is 2. The SMILES string of the molecule is CCNC(=NCCc1ccc(OCC(=O)NC2CC2)cc1)NCCOc1ccccc1. The summed E-state index contributed by atoms with van der Waals surface area (Å²) in [6.07, 6.45) is 2.98. The molecule has 0 bridgehead atoms. The predicted octanol–water partition coefficient (Wildman–Crippen LogP) is 2.52. The van der Waals surface area contributed by atoms with Crippen LogP contribution in [0, 0.1) is 0 Å². The number of hydrogen-bond donors (Lipinski definition) is 3. The first-order chi connectivity index (χ1) is 15.2. The fourth-order valence-corrected chi connectivity index (χ4v) is 2.89. The number of nitrogens with one attached hydrogen (secondary N) is 3. The second-order valence-electron chi connectivity index (χ2n) is 7.37. The fourth-order valence-electron chi connectivity index (χ4n) is 2.89. The second kappa shape index (κ2) is 12.5. The molecular weight excluding hydrogens is 392 g/mol. The van der Waals surface area contributed by atoms with E-state index in [2.05, 4.69) is 20.9 Å². The van der Waals surface area contributed by atoms with E-state index in [1.165, 1.54) is 5.56 Å². The third kappa shape index (κ3) is 8.99. The molecule has 7 heteroatoms. The Balaban J connectivity index is 1.35. The van der Waals surface area contributed by atoms with Crippen LogP contribution < -0.4 is 25.4 Å². The van der Waals surface area contributed by atoms with Gasteiger partial charge in [0, 0.05) is 19.1 Å². The molecule has 0 radical (unpaired) electrons. The van der Waals surface area contributed by atoms with E-state index in [4.69, 9.17) is 9.47 Å². The van der Waals surface area contributed by atoms with Gasteiger partial charge in [0.15, 0.2) is 12.6 Å². The first-order valence-electron chi connectivity index (χ1n) is 10.9. The molecule has 0 saturated heterocycles. The Labute approximate surface area is 184 Å². The molecule has 1 fully saturated rings. The van der Waals surface area contributed by atoms with Crippen LogP contribution in [0.1, 0.15) is 25.3 Å². The zero-order chi connectivity index (χ0) is 21.7. The van der Waals surface area contributed by atoms with Gasteiger partial charge in [-0.25, -0.2) is 0 Å². The third-order valence-corrected chi connectivity index (χ3v) is 4.66. The van der Waals surface area contributed by atoms with E-state index >= 15 is 0 Å². The zero-order valence-corrected chi connectivity index (χ0v) is 18.1. The maximum absolute atomic E-state index is 11.7. The van der Waals surface area contributed by atoms with E-state index in [0.29, 0.717) is 31.5 Å². The van der Waals surface area contributed by atoms with Gasteiger partial charge in [-0.1, -0.05) is 30.3 Å². The molecule has 0 aliphatic heterocycles. The molecule has 0 unspecified atom stereocenters. The lowest BCUT2D eigenvalue weighted by Gasteiger charge is -2.12. The van der Waals surface area contributed by atoms with Crippen LogP contribution in [0.25, 0.3) is 0 Å². The average Bonchev–Trinajstić information content (AvgIpc) is 3.61. The zero-order valence-electron chi connectivity index (χ0n) is 18.1.